The first-order valence-electron chi connectivity index (χ1n) is 4.45. The number of aliphatic carboxylic acids is 1. The van der Waals surface area contributed by atoms with Crippen molar-refractivity contribution < 1.29 is 23.1 Å². The monoisotopic (exact) mass is 269 g/mol. The molecule has 6 nitrogen and oxygen atoms in total. The molecule has 1 amide bonds. The van der Waals surface area contributed by atoms with Crippen molar-refractivity contribution in [2.75, 3.05) is 24.0 Å². The smallest absolute Gasteiger partial charge is 0.326 e. The van der Waals surface area contributed by atoms with E-state index in [0.29, 0.717) is 5.75 Å². The van der Waals surface area contributed by atoms with Crippen molar-refractivity contribution in [2.45, 2.75) is 12.5 Å². The minimum absolute atomic E-state index is 0.270. The van der Waals surface area contributed by atoms with Crippen molar-refractivity contribution in [3.63, 3.8) is 0 Å². The van der Waals surface area contributed by atoms with Gasteiger partial charge in [-0.1, -0.05) is 0 Å². The van der Waals surface area contributed by atoms with Crippen LogP contribution in [0.4, 0.5) is 0 Å². The van der Waals surface area contributed by atoms with Crippen molar-refractivity contribution in [1.29, 1.82) is 0 Å². The second-order valence-electron chi connectivity index (χ2n) is 3.31. The van der Waals surface area contributed by atoms with Crippen molar-refractivity contribution in [3.05, 3.63) is 0 Å². The maximum Gasteiger partial charge on any atom is 0.326 e. The summed E-state index contributed by atoms with van der Waals surface area (Å²) in [6.07, 6.45) is 3.01. The number of carbonyl (C=O) groups excluding carboxylic acids is 1. The molecule has 0 saturated carbocycles. The third kappa shape index (κ3) is 7.52. The molecule has 0 aromatic carbocycles. The van der Waals surface area contributed by atoms with Crippen LogP contribution in [0.25, 0.3) is 0 Å². The number of hydrogen-bond acceptors (Lipinski definition) is 5. The van der Waals surface area contributed by atoms with Crippen LogP contribution in [0.5, 0.6) is 0 Å². The lowest BCUT2D eigenvalue weighted by Crippen LogP contribution is -2.43. The second kappa shape index (κ2) is 6.74. The Morgan fingerprint density at radius 1 is 1.44 bits per heavy atom. The Hall–Kier alpha value is -0.760. The molecule has 8 heteroatoms. The van der Waals surface area contributed by atoms with Crippen LogP contribution in [0.2, 0.25) is 0 Å². The van der Waals surface area contributed by atoms with Gasteiger partial charge in [0.15, 0.2) is 9.84 Å². The molecule has 0 rings (SSSR count). The molecule has 0 fully saturated rings. The van der Waals surface area contributed by atoms with Crippen molar-refractivity contribution >= 4 is 33.5 Å². The summed E-state index contributed by atoms with van der Waals surface area (Å²) in [6.45, 7) is 0. The fraction of sp³-hybridized carbons (Fsp3) is 0.750. The third-order valence-electron chi connectivity index (χ3n) is 1.64. The molecular formula is C8H15NO5S2. The van der Waals surface area contributed by atoms with E-state index in [4.69, 9.17) is 5.11 Å². The molecule has 94 valence electrons. The molecule has 1 atom stereocenters. The summed E-state index contributed by atoms with van der Waals surface area (Å²) in [6, 6.07) is -1.03. The molecular weight excluding hydrogens is 254 g/mol. The van der Waals surface area contributed by atoms with Gasteiger partial charge in [-0.3, -0.25) is 4.79 Å². The summed E-state index contributed by atoms with van der Waals surface area (Å²) >= 11 is 1.45. The van der Waals surface area contributed by atoms with Crippen LogP contribution in [-0.2, 0) is 19.4 Å². The average molecular weight is 269 g/mol. The number of carbonyl (C=O) groups is 2. The molecule has 0 saturated heterocycles. The lowest BCUT2D eigenvalue weighted by Gasteiger charge is -2.13. The normalized spacial score (nSPS) is 13.1. The second-order valence-corrected chi connectivity index (χ2v) is 6.44. The van der Waals surface area contributed by atoms with E-state index in [1.54, 1.807) is 0 Å². The highest BCUT2D eigenvalue weighted by Gasteiger charge is 2.21. The Kier molecular flexibility index (Phi) is 6.42. The predicted molar refractivity (Wildman–Crippen MR) is 62.3 cm³/mol. The minimum atomic E-state index is -3.43. The standard InChI is InChI=1S/C8H15NO5S2/c1-15-4-3-6(8(11)12)9-7(10)5-16(2,13)14/h6H,3-5H2,1-2H3,(H,9,10)(H,11,12). The third-order valence-corrected chi connectivity index (χ3v) is 3.07. The molecule has 0 spiro atoms. The number of carboxylic acid groups (broad SMARTS) is 1. The summed E-state index contributed by atoms with van der Waals surface area (Å²) in [5, 5.41) is 11.0. The van der Waals surface area contributed by atoms with Crippen molar-refractivity contribution in [2.24, 2.45) is 0 Å². The van der Waals surface area contributed by atoms with Crippen molar-refractivity contribution in [3.8, 4) is 0 Å². The van der Waals surface area contributed by atoms with Crippen molar-refractivity contribution in [1.82, 2.24) is 5.32 Å². The van der Waals surface area contributed by atoms with E-state index in [9.17, 15) is 18.0 Å². The van der Waals surface area contributed by atoms with Gasteiger partial charge in [0.2, 0.25) is 5.91 Å². The Balaban J connectivity index is 4.29. The van der Waals surface area contributed by atoms with Crippen LogP contribution < -0.4 is 5.32 Å². The maximum atomic E-state index is 11.2. The van der Waals surface area contributed by atoms with Crippen LogP contribution >= 0.6 is 11.8 Å². The summed E-state index contributed by atoms with van der Waals surface area (Å²) in [5.74, 6) is -2.04. The molecule has 0 aromatic rings. The van der Waals surface area contributed by atoms with E-state index in [0.717, 1.165) is 6.26 Å². The van der Waals surface area contributed by atoms with Gasteiger partial charge < -0.3 is 10.4 Å². The number of amides is 1. The molecule has 0 heterocycles. The van der Waals surface area contributed by atoms with E-state index < -0.39 is 33.5 Å². The maximum absolute atomic E-state index is 11.2. The zero-order valence-corrected chi connectivity index (χ0v) is 10.7. The first-order valence-corrected chi connectivity index (χ1v) is 7.90. The summed E-state index contributed by atoms with van der Waals surface area (Å²) in [5.41, 5.74) is 0. The Bertz CT molecular complexity index is 351. The van der Waals surface area contributed by atoms with Crippen LogP contribution in [0.15, 0.2) is 0 Å². The van der Waals surface area contributed by atoms with Gasteiger partial charge >= 0.3 is 5.97 Å². The fourth-order valence-corrected chi connectivity index (χ4v) is 2.00. The SMILES string of the molecule is CSCCC(NC(=O)CS(C)(=O)=O)C(=O)O. The lowest BCUT2D eigenvalue weighted by atomic mass is 10.2. The molecule has 0 bridgehead atoms. The molecule has 0 radical (unpaired) electrons. The van der Waals surface area contributed by atoms with E-state index in [-0.39, 0.29) is 6.42 Å². The number of nitrogens with one attached hydrogen (secondary N) is 1. The van der Waals surface area contributed by atoms with Gasteiger partial charge in [-0.25, -0.2) is 13.2 Å². The number of sulfone groups is 1. The predicted octanol–water partition coefficient (Wildman–Crippen LogP) is -0.646. The number of rotatable bonds is 7. The minimum Gasteiger partial charge on any atom is -0.480 e. The van der Waals surface area contributed by atoms with Gasteiger partial charge in [0.1, 0.15) is 11.8 Å². The fourth-order valence-electron chi connectivity index (χ4n) is 0.967. The number of thioether (sulfide) groups is 1. The molecule has 16 heavy (non-hydrogen) atoms. The summed E-state index contributed by atoms with van der Waals surface area (Å²) < 4.78 is 21.6. The van der Waals surface area contributed by atoms with Gasteiger partial charge in [0.25, 0.3) is 0 Å². The largest absolute Gasteiger partial charge is 0.480 e. The molecule has 0 aromatic heterocycles. The van der Waals surface area contributed by atoms with E-state index in [1.807, 2.05) is 6.26 Å². The summed E-state index contributed by atoms with van der Waals surface area (Å²) in [7, 11) is -3.43. The lowest BCUT2D eigenvalue weighted by molar-refractivity contribution is -0.141. The highest BCUT2D eigenvalue weighted by atomic mass is 32.2. The van der Waals surface area contributed by atoms with E-state index in [2.05, 4.69) is 5.32 Å². The first kappa shape index (κ1) is 15.2. The first-order chi connectivity index (χ1) is 7.26. The van der Waals surface area contributed by atoms with Gasteiger partial charge in [-0.15, -0.1) is 0 Å². The summed E-state index contributed by atoms with van der Waals surface area (Å²) in [4.78, 5) is 21.9. The molecule has 0 aliphatic carbocycles. The van der Waals surface area contributed by atoms with Gasteiger partial charge in [-0.2, -0.15) is 11.8 Å². The average Bonchev–Trinajstić information content (AvgIpc) is 2.08. The molecule has 0 aliphatic rings. The molecule has 1 unspecified atom stereocenters. The van der Waals surface area contributed by atoms with Gasteiger partial charge in [0.05, 0.1) is 0 Å². The Labute approximate surface area is 98.7 Å². The van der Waals surface area contributed by atoms with Crippen LogP contribution in [0.1, 0.15) is 6.42 Å². The Morgan fingerprint density at radius 3 is 2.38 bits per heavy atom. The van der Waals surface area contributed by atoms with E-state index in [1.165, 1.54) is 11.8 Å². The van der Waals surface area contributed by atoms with Crippen LogP contribution in [0.3, 0.4) is 0 Å². The Morgan fingerprint density at radius 2 is 2.00 bits per heavy atom. The van der Waals surface area contributed by atoms with Gasteiger partial charge in [-0.05, 0) is 18.4 Å². The topological polar surface area (TPSA) is 101 Å². The van der Waals surface area contributed by atoms with Gasteiger partial charge in [0, 0.05) is 6.26 Å². The van der Waals surface area contributed by atoms with Crippen LogP contribution in [-0.4, -0.2) is 55.5 Å². The van der Waals surface area contributed by atoms with E-state index >= 15 is 0 Å². The number of carboxylic acids is 1. The van der Waals surface area contributed by atoms with Crippen LogP contribution in [0, 0.1) is 0 Å². The molecule has 0 aliphatic heterocycles. The zero-order valence-electron chi connectivity index (χ0n) is 9.10. The molecule has 2 N–H and O–H groups in total. The highest BCUT2D eigenvalue weighted by molar-refractivity contribution is 7.98. The highest BCUT2D eigenvalue weighted by Crippen LogP contribution is 2.01. The quantitative estimate of drug-likeness (QED) is 0.637. The zero-order chi connectivity index (χ0) is 12.8. The number of hydrogen-bond donors (Lipinski definition) is 2.